The number of nitrogens with two attached hydrogens (primary N) is 1. The summed E-state index contributed by atoms with van der Waals surface area (Å²) < 4.78 is 5.60. The summed E-state index contributed by atoms with van der Waals surface area (Å²) >= 11 is 0. The van der Waals surface area contributed by atoms with E-state index in [4.69, 9.17) is 10.5 Å². The molecule has 2 heteroatoms. The quantitative estimate of drug-likeness (QED) is 0.685. The molecule has 1 aromatic carbocycles. The van der Waals surface area contributed by atoms with Crippen molar-refractivity contribution in [1.82, 2.24) is 0 Å². The van der Waals surface area contributed by atoms with Crippen LogP contribution in [0.1, 0.15) is 37.3 Å². The third-order valence-corrected chi connectivity index (χ3v) is 2.62. The molecule has 1 rings (SSSR count). The minimum atomic E-state index is 0.715. The van der Waals surface area contributed by atoms with E-state index in [0.29, 0.717) is 6.54 Å². The molecule has 0 radical (unpaired) electrons. The number of hydrogen-bond acceptors (Lipinski definition) is 2. The van der Waals surface area contributed by atoms with E-state index < -0.39 is 0 Å². The molecule has 0 atom stereocenters. The third-order valence-electron chi connectivity index (χ3n) is 2.62. The van der Waals surface area contributed by atoms with E-state index in [0.717, 1.165) is 19.6 Å². The van der Waals surface area contributed by atoms with E-state index in [1.807, 2.05) is 0 Å². The average Bonchev–Trinajstić information content (AvgIpc) is 2.31. The largest absolute Gasteiger partial charge is 0.377 e. The van der Waals surface area contributed by atoms with Crippen LogP contribution >= 0.6 is 0 Å². The van der Waals surface area contributed by atoms with Crippen LogP contribution in [0.2, 0.25) is 0 Å². The molecule has 0 amide bonds. The topological polar surface area (TPSA) is 35.2 Å². The molecular weight excluding hydrogens is 198 g/mol. The highest BCUT2D eigenvalue weighted by Gasteiger charge is 1.95. The smallest absolute Gasteiger partial charge is 0.0716 e. The van der Waals surface area contributed by atoms with Crippen LogP contribution in [0.15, 0.2) is 24.3 Å². The summed E-state index contributed by atoms with van der Waals surface area (Å²) in [7, 11) is 0. The SMILES string of the molecule is CCCCCOCc1ccc(CCN)cc1. The highest BCUT2D eigenvalue weighted by atomic mass is 16.5. The first-order valence-electron chi connectivity index (χ1n) is 6.22. The Balaban J connectivity index is 2.21. The Morgan fingerprint density at radius 1 is 1.06 bits per heavy atom. The normalized spacial score (nSPS) is 10.6. The summed E-state index contributed by atoms with van der Waals surface area (Å²) in [4.78, 5) is 0. The molecule has 0 aromatic heterocycles. The van der Waals surface area contributed by atoms with Crippen LogP contribution in [0.25, 0.3) is 0 Å². The van der Waals surface area contributed by atoms with Gasteiger partial charge in [-0.3, -0.25) is 0 Å². The monoisotopic (exact) mass is 221 g/mol. The van der Waals surface area contributed by atoms with Gasteiger partial charge in [0, 0.05) is 6.61 Å². The van der Waals surface area contributed by atoms with E-state index in [9.17, 15) is 0 Å². The predicted octanol–water partition coefficient (Wildman–Crippen LogP) is 2.89. The lowest BCUT2D eigenvalue weighted by Crippen LogP contribution is -2.02. The van der Waals surface area contributed by atoms with Crippen LogP contribution in [-0.2, 0) is 17.8 Å². The fraction of sp³-hybridized carbons (Fsp3) is 0.571. The van der Waals surface area contributed by atoms with E-state index in [2.05, 4.69) is 31.2 Å². The van der Waals surface area contributed by atoms with E-state index in [-0.39, 0.29) is 0 Å². The van der Waals surface area contributed by atoms with Gasteiger partial charge in [-0.05, 0) is 30.5 Å². The maximum absolute atomic E-state index is 5.60. The average molecular weight is 221 g/mol. The molecule has 0 heterocycles. The van der Waals surface area contributed by atoms with Crippen LogP contribution in [0, 0.1) is 0 Å². The molecule has 0 aliphatic heterocycles. The molecule has 0 aliphatic rings. The minimum Gasteiger partial charge on any atom is -0.377 e. The molecule has 0 fully saturated rings. The molecule has 90 valence electrons. The maximum Gasteiger partial charge on any atom is 0.0716 e. The van der Waals surface area contributed by atoms with E-state index in [1.165, 1.54) is 30.4 Å². The Labute approximate surface area is 98.8 Å². The Morgan fingerprint density at radius 2 is 1.75 bits per heavy atom. The van der Waals surface area contributed by atoms with Gasteiger partial charge in [-0.2, -0.15) is 0 Å². The predicted molar refractivity (Wildman–Crippen MR) is 68.4 cm³/mol. The Hall–Kier alpha value is -0.860. The number of unbranched alkanes of at least 4 members (excludes halogenated alkanes) is 2. The molecule has 0 spiro atoms. The summed E-state index contributed by atoms with van der Waals surface area (Å²) in [5, 5.41) is 0. The second-order valence-electron chi connectivity index (χ2n) is 4.11. The zero-order valence-electron chi connectivity index (χ0n) is 10.2. The summed E-state index contributed by atoms with van der Waals surface area (Å²) in [5.74, 6) is 0. The minimum absolute atomic E-state index is 0.715. The second-order valence-corrected chi connectivity index (χ2v) is 4.11. The molecule has 0 saturated carbocycles. The number of benzene rings is 1. The highest BCUT2D eigenvalue weighted by Crippen LogP contribution is 2.06. The lowest BCUT2D eigenvalue weighted by molar-refractivity contribution is 0.117. The van der Waals surface area contributed by atoms with Gasteiger partial charge < -0.3 is 10.5 Å². The second kappa shape index (κ2) is 8.31. The van der Waals surface area contributed by atoms with Crippen molar-refractivity contribution < 1.29 is 4.74 Å². The Kier molecular flexibility index (Phi) is 6.86. The first kappa shape index (κ1) is 13.2. The fourth-order valence-electron chi connectivity index (χ4n) is 1.61. The molecule has 0 unspecified atom stereocenters. The van der Waals surface area contributed by atoms with Crippen molar-refractivity contribution >= 4 is 0 Å². The van der Waals surface area contributed by atoms with Gasteiger partial charge in [0.15, 0.2) is 0 Å². The molecular formula is C14H23NO. The summed E-state index contributed by atoms with van der Waals surface area (Å²) in [6.45, 7) is 4.52. The van der Waals surface area contributed by atoms with Crippen molar-refractivity contribution in [1.29, 1.82) is 0 Å². The van der Waals surface area contributed by atoms with Gasteiger partial charge in [-0.15, -0.1) is 0 Å². The zero-order valence-corrected chi connectivity index (χ0v) is 10.2. The lowest BCUT2D eigenvalue weighted by atomic mass is 10.1. The maximum atomic E-state index is 5.60. The number of ether oxygens (including phenoxy) is 1. The van der Waals surface area contributed by atoms with Gasteiger partial charge in [0.1, 0.15) is 0 Å². The molecule has 1 aromatic rings. The fourth-order valence-corrected chi connectivity index (χ4v) is 1.61. The molecule has 2 nitrogen and oxygen atoms in total. The standard InChI is InChI=1S/C14H23NO/c1-2-3-4-11-16-12-14-7-5-13(6-8-14)9-10-15/h5-8H,2-4,9-12,15H2,1H3. The van der Waals surface area contributed by atoms with Gasteiger partial charge in [0.05, 0.1) is 6.61 Å². The summed E-state index contributed by atoms with van der Waals surface area (Å²) in [6.07, 6.45) is 4.63. The first-order valence-corrected chi connectivity index (χ1v) is 6.22. The van der Waals surface area contributed by atoms with Crippen LogP contribution in [0.5, 0.6) is 0 Å². The Morgan fingerprint density at radius 3 is 2.38 bits per heavy atom. The molecule has 16 heavy (non-hydrogen) atoms. The van der Waals surface area contributed by atoms with Gasteiger partial charge >= 0.3 is 0 Å². The van der Waals surface area contributed by atoms with Crippen molar-refractivity contribution in [2.45, 2.75) is 39.2 Å². The first-order chi connectivity index (χ1) is 7.86. The van der Waals surface area contributed by atoms with E-state index in [1.54, 1.807) is 0 Å². The van der Waals surface area contributed by atoms with Crippen LogP contribution in [0.4, 0.5) is 0 Å². The van der Waals surface area contributed by atoms with Gasteiger partial charge in [-0.25, -0.2) is 0 Å². The van der Waals surface area contributed by atoms with Gasteiger partial charge in [0.25, 0.3) is 0 Å². The van der Waals surface area contributed by atoms with Gasteiger partial charge in [0.2, 0.25) is 0 Å². The molecule has 0 bridgehead atoms. The highest BCUT2D eigenvalue weighted by molar-refractivity contribution is 5.22. The molecule has 0 saturated heterocycles. The van der Waals surface area contributed by atoms with Crippen molar-refractivity contribution in [3.8, 4) is 0 Å². The van der Waals surface area contributed by atoms with Gasteiger partial charge in [-0.1, -0.05) is 44.0 Å². The third kappa shape index (κ3) is 5.29. The van der Waals surface area contributed by atoms with Crippen LogP contribution < -0.4 is 5.73 Å². The number of rotatable bonds is 8. The lowest BCUT2D eigenvalue weighted by Gasteiger charge is -2.05. The van der Waals surface area contributed by atoms with Crippen molar-refractivity contribution in [3.63, 3.8) is 0 Å². The summed E-state index contributed by atoms with van der Waals surface area (Å²) in [6, 6.07) is 8.53. The van der Waals surface area contributed by atoms with Crippen LogP contribution in [0.3, 0.4) is 0 Å². The Bertz CT molecular complexity index is 269. The zero-order chi connectivity index (χ0) is 11.6. The summed E-state index contributed by atoms with van der Waals surface area (Å²) in [5.41, 5.74) is 8.05. The van der Waals surface area contributed by atoms with Crippen molar-refractivity contribution in [2.24, 2.45) is 5.73 Å². The van der Waals surface area contributed by atoms with Crippen molar-refractivity contribution in [2.75, 3.05) is 13.2 Å². The van der Waals surface area contributed by atoms with Crippen LogP contribution in [-0.4, -0.2) is 13.2 Å². The van der Waals surface area contributed by atoms with Crippen molar-refractivity contribution in [3.05, 3.63) is 35.4 Å². The number of hydrogen-bond donors (Lipinski definition) is 1. The molecule has 2 N–H and O–H groups in total. The van der Waals surface area contributed by atoms with E-state index >= 15 is 0 Å². The molecule has 0 aliphatic carbocycles.